The maximum absolute atomic E-state index is 12.9. The minimum Gasteiger partial charge on any atom is -0.497 e. The number of alkyl halides is 3. The van der Waals surface area contributed by atoms with Gasteiger partial charge in [0.2, 0.25) is 0 Å². The van der Waals surface area contributed by atoms with E-state index in [0.717, 1.165) is 23.4 Å². The molecule has 0 radical (unpaired) electrons. The molecule has 0 saturated carbocycles. The number of aromatic amines is 1. The molecule has 136 valence electrons. The van der Waals surface area contributed by atoms with Crippen molar-refractivity contribution in [1.82, 2.24) is 15.0 Å². The first-order valence-corrected chi connectivity index (χ1v) is 8.12. The van der Waals surface area contributed by atoms with Gasteiger partial charge in [0.1, 0.15) is 17.1 Å². The number of halogens is 3. The van der Waals surface area contributed by atoms with Gasteiger partial charge < -0.3 is 9.72 Å². The van der Waals surface area contributed by atoms with Gasteiger partial charge in [-0.15, -0.1) is 0 Å². The van der Waals surface area contributed by atoms with E-state index in [1.54, 1.807) is 19.2 Å². The Morgan fingerprint density at radius 1 is 0.926 bits per heavy atom. The van der Waals surface area contributed by atoms with Gasteiger partial charge in [0.15, 0.2) is 5.65 Å². The van der Waals surface area contributed by atoms with E-state index in [9.17, 15) is 13.2 Å². The van der Waals surface area contributed by atoms with Crippen LogP contribution < -0.4 is 4.74 Å². The highest BCUT2D eigenvalue weighted by molar-refractivity contribution is 5.81. The van der Waals surface area contributed by atoms with Crippen LogP contribution in [0.1, 0.15) is 5.56 Å². The van der Waals surface area contributed by atoms with Crippen LogP contribution in [0.3, 0.4) is 0 Å². The zero-order valence-corrected chi connectivity index (χ0v) is 14.2. The number of nitrogens with one attached hydrogen (secondary N) is 1. The molecule has 0 aliphatic carbocycles. The van der Waals surface area contributed by atoms with Crippen LogP contribution in [0, 0.1) is 0 Å². The van der Waals surface area contributed by atoms with Gasteiger partial charge in [0.25, 0.3) is 0 Å². The van der Waals surface area contributed by atoms with E-state index in [4.69, 9.17) is 4.74 Å². The largest absolute Gasteiger partial charge is 0.497 e. The summed E-state index contributed by atoms with van der Waals surface area (Å²) in [6, 6.07) is 14.3. The van der Waals surface area contributed by atoms with Crippen molar-refractivity contribution in [3.05, 3.63) is 66.4 Å². The van der Waals surface area contributed by atoms with Crippen molar-refractivity contribution in [3.8, 4) is 28.3 Å². The van der Waals surface area contributed by atoms with E-state index < -0.39 is 11.7 Å². The average molecular weight is 369 g/mol. The molecule has 0 spiro atoms. The Morgan fingerprint density at radius 3 is 2.41 bits per heavy atom. The van der Waals surface area contributed by atoms with E-state index in [2.05, 4.69) is 15.0 Å². The van der Waals surface area contributed by atoms with E-state index in [-0.39, 0.29) is 0 Å². The van der Waals surface area contributed by atoms with Crippen molar-refractivity contribution in [1.29, 1.82) is 0 Å². The molecule has 0 unspecified atom stereocenters. The number of ether oxygens (including phenoxy) is 1. The van der Waals surface area contributed by atoms with Gasteiger partial charge in [-0.05, 0) is 48.0 Å². The summed E-state index contributed by atoms with van der Waals surface area (Å²) in [6.45, 7) is 0. The molecule has 4 nitrogen and oxygen atoms in total. The van der Waals surface area contributed by atoms with Gasteiger partial charge in [-0.25, -0.2) is 9.97 Å². The average Bonchev–Trinajstić information content (AvgIpc) is 3.11. The number of rotatable bonds is 3. The summed E-state index contributed by atoms with van der Waals surface area (Å²) in [5.41, 5.74) is 2.32. The van der Waals surface area contributed by atoms with Crippen LogP contribution >= 0.6 is 0 Å². The lowest BCUT2D eigenvalue weighted by Crippen LogP contribution is -2.04. The first-order chi connectivity index (χ1) is 12.9. The van der Waals surface area contributed by atoms with Gasteiger partial charge in [-0.1, -0.05) is 12.1 Å². The first-order valence-electron chi connectivity index (χ1n) is 8.12. The molecular weight excluding hydrogens is 355 g/mol. The fourth-order valence-corrected chi connectivity index (χ4v) is 2.81. The normalized spacial score (nSPS) is 11.7. The Kier molecular flexibility index (Phi) is 4.07. The van der Waals surface area contributed by atoms with Gasteiger partial charge in [-0.3, -0.25) is 0 Å². The Labute approximate surface area is 152 Å². The third-order valence-corrected chi connectivity index (χ3v) is 4.22. The monoisotopic (exact) mass is 369 g/mol. The lowest BCUT2D eigenvalue weighted by atomic mass is 10.0. The van der Waals surface area contributed by atoms with Crippen LogP contribution in [0.2, 0.25) is 0 Å². The SMILES string of the molecule is COc1ccc(-c2nc3cc(-c4cccc(C(F)(F)F)c4)cnc3[nH]2)cc1. The zero-order valence-electron chi connectivity index (χ0n) is 14.2. The third kappa shape index (κ3) is 3.36. The summed E-state index contributed by atoms with van der Waals surface area (Å²) in [5.74, 6) is 1.36. The molecule has 2 heterocycles. The highest BCUT2D eigenvalue weighted by Crippen LogP contribution is 2.32. The number of nitrogens with zero attached hydrogens (tertiary/aromatic N) is 2. The molecule has 2 aromatic carbocycles. The zero-order chi connectivity index (χ0) is 19.0. The molecule has 1 N–H and O–H groups in total. The number of pyridine rings is 1. The topological polar surface area (TPSA) is 50.8 Å². The Hall–Kier alpha value is -3.35. The number of fused-ring (bicyclic) bond motifs is 1. The molecule has 0 aliphatic heterocycles. The second-order valence-electron chi connectivity index (χ2n) is 5.98. The summed E-state index contributed by atoms with van der Waals surface area (Å²) in [5, 5.41) is 0. The molecule has 0 fully saturated rings. The molecular formula is C20H14F3N3O. The molecule has 2 aromatic heterocycles. The minimum atomic E-state index is -4.39. The lowest BCUT2D eigenvalue weighted by molar-refractivity contribution is -0.137. The van der Waals surface area contributed by atoms with Crippen molar-refractivity contribution in [2.75, 3.05) is 7.11 Å². The maximum Gasteiger partial charge on any atom is 0.416 e. The first kappa shape index (κ1) is 17.1. The number of imidazole rings is 1. The third-order valence-electron chi connectivity index (χ3n) is 4.22. The van der Waals surface area contributed by atoms with E-state index in [0.29, 0.717) is 28.1 Å². The summed E-state index contributed by atoms with van der Waals surface area (Å²) in [4.78, 5) is 11.9. The van der Waals surface area contributed by atoms with Crippen molar-refractivity contribution in [2.45, 2.75) is 6.18 Å². The molecule has 0 aliphatic rings. The quantitative estimate of drug-likeness (QED) is 0.532. The highest BCUT2D eigenvalue weighted by Gasteiger charge is 2.30. The number of benzene rings is 2. The predicted octanol–water partition coefficient (Wildman–Crippen LogP) is 5.32. The second kappa shape index (κ2) is 6.42. The van der Waals surface area contributed by atoms with Gasteiger partial charge in [-0.2, -0.15) is 13.2 Å². The molecule has 27 heavy (non-hydrogen) atoms. The van der Waals surface area contributed by atoms with E-state index in [1.165, 1.54) is 12.3 Å². The van der Waals surface area contributed by atoms with Crippen molar-refractivity contribution in [3.63, 3.8) is 0 Å². The number of methoxy groups -OCH3 is 1. The van der Waals surface area contributed by atoms with Crippen LogP contribution in [0.4, 0.5) is 13.2 Å². The van der Waals surface area contributed by atoms with Crippen LogP contribution in [-0.2, 0) is 6.18 Å². The van der Waals surface area contributed by atoms with Gasteiger partial charge >= 0.3 is 6.18 Å². The molecule has 0 atom stereocenters. The maximum atomic E-state index is 12.9. The number of aromatic nitrogens is 3. The van der Waals surface area contributed by atoms with Gasteiger partial charge in [0, 0.05) is 17.3 Å². The molecule has 4 rings (SSSR count). The molecule has 0 saturated heterocycles. The summed E-state index contributed by atoms with van der Waals surface area (Å²) in [7, 11) is 1.59. The molecule has 0 amide bonds. The standard InChI is InChI=1S/C20H14F3N3O/c1-27-16-7-5-12(6-8-16)18-25-17-10-14(11-24-19(17)26-18)13-3-2-4-15(9-13)20(21,22)23/h2-11H,1H3,(H,24,25,26). The van der Waals surface area contributed by atoms with Gasteiger partial charge in [0.05, 0.1) is 12.7 Å². The second-order valence-corrected chi connectivity index (χ2v) is 5.98. The van der Waals surface area contributed by atoms with Crippen molar-refractivity contribution >= 4 is 11.2 Å². The molecule has 0 bridgehead atoms. The summed E-state index contributed by atoms with van der Waals surface area (Å²) < 4.78 is 44.0. The van der Waals surface area contributed by atoms with Crippen molar-refractivity contribution < 1.29 is 17.9 Å². The number of hydrogen-bond donors (Lipinski definition) is 1. The highest BCUT2D eigenvalue weighted by atomic mass is 19.4. The summed E-state index contributed by atoms with van der Waals surface area (Å²) >= 11 is 0. The van der Waals surface area contributed by atoms with Crippen LogP contribution in [-0.4, -0.2) is 22.1 Å². The van der Waals surface area contributed by atoms with Crippen LogP contribution in [0.15, 0.2) is 60.8 Å². The fourth-order valence-electron chi connectivity index (χ4n) is 2.81. The minimum absolute atomic E-state index is 0.438. The Bertz CT molecular complexity index is 1100. The van der Waals surface area contributed by atoms with E-state index in [1.807, 2.05) is 24.3 Å². The smallest absolute Gasteiger partial charge is 0.416 e. The van der Waals surface area contributed by atoms with Crippen LogP contribution in [0.5, 0.6) is 5.75 Å². The number of hydrogen-bond acceptors (Lipinski definition) is 3. The lowest BCUT2D eigenvalue weighted by Gasteiger charge is -2.08. The van der Waals surface area contributed by atoms with E-state index >= 15 is 0 Å². The predicted molar refractivity (Wildman–Crippen MR) is 96.3 cm³/mol. The molecule has 7 heteroatoms. The Morgan fingerprint density at radius 2 is 1.70 bits per heavy atom. The Balaban J connectivity index is 1.72. The van der Waals surface area contributed by atoms with Crippen molar-refractivity contribution in [2.24, 2.45) is 0 Å². The summed E-state index contributed by atoms with van der Waals surface area (Å²) in [6.07, 6.45) is -2.85. The van der Waals surface area contributed by atoms with Crippen LogP contribution in [0.25, 0.3) is 33.7 Å². The molecule has 4 aromatic rings. The fraction of sp³-hybridized carbons (Fsp3) is 0.100. The number of H-pyrrole nitrogens is 1.